The van der Waals surface area contributed by atoms with Gasteiger partial charge in [-0.1, -0.05) is 38.1 Å². The van der Waals surface area contributed by atoms with Crippen molar-refractivity contribution in [2.24, 2.45) is 0 Å². The minimum atomic E-state index is -0.0273. The van der Waals surface area contributed by atoms with Crippen LogP contribution in [-0.2, 0) is 6.61 Å². The van der Waals surface area contributed by atoms with Gasteiger partial charge in [0.25, 0.3) is 6.01 Å². The van der Waals surface area contributed by atoms with Crippen LogP contribution < -0.4 is 5.73 Å². The first-order valence-electron chi connectivity index (χ1n) is 5.58. The Bertz CT molecular complexity index is 518. The fraction of sp³-hybridized carbons (Fsp3) is 0.308. The third kappa shape index (κ3) is 2.17. The Kier molecular flexibility index (Phi) is 3.15. The first-order chi connectivity index (χ1) is 8.13. The molecule has 0 fully saturated rings. The van der Waals surface area contributed by atoms with Crippen LogP contribution in [0.15, 0.2) is 28.7 Å². The summed E-state index contributed by atoms with van der Waals surface area (Å²) in [4.78, 5) is 4.21. The lowest BCUT2D eigenvalue weighted by Gasteiger charge is -2.07. The smallest absolute Gasteiger partial charge is 0.292 e. The average Bonchev–Trinajstić information content (AvgIpc) is 2.71. The molecule has 17 heavy (non-hydrogen) atoms. The van der Waals surface area contributed by atoms with E-state index in [0.29, 0.717) is 0 Å². The molecule has 3 N–H and O–H groups in total. The minimum Gasteiger partial charge on any atom is -0.428 e. The SMILES string of the molecule is CC(C)c1oc(N)nc1-c1ccccc1CO. The molecule has 1 aromatic carbocycles. The van der Waals surface area contributed by atoms with Gasteiger partial charge in [-0.25, -0.2) is 0 Å². The number of aliphatic hydroxyl groups is 1. The van der Waals surface area contributed by atoms with Crippen LogP contribution in [0.4, 0.5) is 6.01 Å². The molecular weight excluding hydrogens is 216 g/mol. The molecule has 0 aliphatic carbocycles. The van der Waals surface area contributed by atoms with Crippen LogP contribution >= 0.6 is 0 Å². The molecule has 0 spiro atoms. The van der Waals surface area contributed by atoms with Crippen LogP contribution in [0.25, 0.3) is 11.3 Å². The number of aliphatic hydroxyl groups excluding tert-OH is 1. The second-order valence-corrected chi connectivity index (χ2v) is 4.23. The number of rotatable bonds is 3. The Morgan fingerprint density at radius 2 is 2.06 bits per heavy atom. The van der Waals surface area contributed by atoms with Crippen LogP contribution in [0.5, 0.6) is 0 Å². The van der Waals surface area contributed by atoms with Crippen molar-refractivity contribution < 1.29 is 9.52 Å². The van der Waals surface area contributed by atoms with Crippen molar-refractivity contribution in [1.29, 1.82) is 0 Å². The molecule has 0 atom stereocenters. The van der Waals surface area contributed by atoms with Crippen LogP contribution in [0.2, 0.25) is 0 Å². The molecule has 0 amide bonds. The molecule has 0 saturated carbocycles. The molecule has 0 saturated heterocycles. The third-order valence-corrected chi connectivity index (χ3v) is 2.64. The molecule has 0 aliphatic rings. The first kappa shape index (κ1) is 11.7. The zero-order valence-electron chi connectivity index (χ0n) is 9.97. The van der Waals surface area contributed by atoms with Gasteiger partial charge in [-0.15, -0.1) is 0 Å². The highest BCUT2D eigenvalue weighted by atomic mass is 16.4. The molecule has 2 rings (SSSR count). The van der Waals surface area contributed by atoms with E-state index in [-0.39, 0.29) is 18.5 Å². The summed E-state index contributed by atoms with van der Waals surface area (Å²) in [5.74, 6) is 0.949. The molecule has 0 bridgehead atoms. The largest absolute Gasteiger partial charge is 0.428 e. The van der Waals surface area contributed by atoms with Crippen molar-refractivity contribution in [3.8, 4) is 11.3 Å². The summed E-state index contributed by atoms with van der Waals surface area (Å²) < 4.78 is 5.42. The fourth-order valence-corrected chi connectivity index (χ4v) is 1.82. The lowest BCUT2D eigenvalue weighted by atomic mass is 10.0. The molecule has 0 aliphatic heterocycles. The maximum absolute atomic E-state index is 9.33. The summed E-state index contributed by atoms with van der Waals surface area (Å²) in [6.07, 6.45) is 0. The Labute approximate surface area is 100 Å². The first-order valence-corrected chi connectivity index (χ1v) is 5.58. The van der Waals surface area contributed by atoms with Crippen LogP contribution in [0, 0.1) is 0 Å². The van der Waals surface area contributed by atoms with Gasteiger partial charge in [0.1, 0.15) is 11.5 Å². The normalized spacial score (nSPS) is 11.1. The zero-order chi connectivity index (χ0) is 12.4. The fourth-order valence-electron chi connectivity index (χ4n) is 1.82. The van der Waals surface area contributed by atoms with Gasteiger partial charge >= 0.3 is 0 Å². The van der Waals surface area contributed by atoms with E-state index in [9.17, 15) is 5.11 Å². The lowest BCUT2D eigenvalue weighted by Crippen LogP contribution is -1.94. The minimum absolute atomic E-state index is 0.0273. The monoisotopic (exact) mass is 232 g/mol. The van der Waals surface area contributed by atoms with Crippen molar-refractivity contribution in [1.82, 2.24) is 4.98 Å². The summed E-state index contributed by atoms with van der Waals surface area (Å²) in [6.45, 7) is 4.01. The molecule has 0 radical (unpaired) electrons. The predicted octanol–water partition coefficient (Wildman–Crippen LogP) is 2.54. The number of nitrogens with two attached hydrogens (primary N) is 1. The quantitative estimate of drug-likeness (QED) is 0.853. The molecule has 4 heteroatoms. The summed E-state index contributed by atoms with van der Waals surface area (Å²) in [5, 5.41) is 9.33. The van der Waals surface area contributed by atoms with Crippen molar-refractivity contribution in [3.05, 3.63) is 35.6 Å². The molecule has 1 heterocycles. The van der Waals surface area contributed by atoms with Gasteiger partial charge in [0.2, 0.25) is 0 Å². The van der Waals surface area contributed by atoms with Crippen LogP contribution in [-0.4, -0.2) is 10.1 Å². The number of aromatic nitrogens is 1. The number of oxazole rings is 1. The number of anilines is 1. The van der Waals surface area contributed by atoms with Crippen molar-refractivity contribution >= 4 is 6.01 Å². The lowest BCUT2D eigenvalue weighted by molar-refractivity contribution is 0.282. The highest BCUT2D eigenvalue weighted by molar-refractivity contribution is 5.66. The van der Waals surface area contributed by atoms with Gasteiger partial charge in [-0.05, 0) is 5.56 Å². The average molecular weight is 232 g/mol. The second-order valence-electron chi connectivity index (χ2n) is 4.23. The van der Waals surface area contributed by atoms with E-state index < -0.39 is 0 Å². The Hall–Kier alpha value is -1.81. The van der Waals surface area contributed by atoms with Crippen molar-refractivity contribution in [2.45, 2.75) is 26.4 Å². The Morgan fingerprint density at radius 3 is 2.71 bits per heavy atom. The maximum atomic E-state index is 9.33. The third-order valence-electron chi connectivity index (χ3n) is 2.64. The second kappa shape index (κ2) is 4.59. The van der Waals surface area contributed by atoms with Gasteiger partial charge in [0.15, 0.2) is 0 Å². The predicted molar refractivity (Wildman–Crippen MR) is 66.4 cm³/mol. The number of benzene rings is 1. The number of nitrogen functional groups attached to an aromatic ring is 1. The Balaban J connectivity index is 2.59. The summed E-state index contributed by atoms with van der Waals surface area (Å²) >= 11 is 0. The van der Waals surface area contributed by atoms with Crippen molar-refractivity contribution in [3.63, 3.8) is 0 Å². The van der Waals surface area contributed by atoms with Gasteiger partial charge in [0, 0.05) is 11.5 Å². The standard InChI is InChI=1S/C13H16N2O2/c1-8(2)12-11(15-13(14)17-12)10-6-4-3-5-9(10)7-16/h3-6,8,16H,7H2,1-2H3,(H2,14,15). The van der Waals surface area contributed by atoms with Crippen molar-refractivity contribution in [2.75, 3.05) is 5.73 Å². The molecule has 0 unspecified atom stereocenters. The molecular formula is C13H16N2O2. The van der Waals surface area contributed by atoms with E-state index in [4.69, 9.17) is 10.2 Å². The molecule has 90 valence electrons. The highest BCUT2D eigenvalue weighted by Crippen LogP contribution is 2.32. The van der Waals surface area contributed by atoms with Gasteiger partial charge in [0.05, 0.1) is 6.61 Å². The van der Waals surface area contributed by atoms with E-state index in [1.54, 1.807) is 0 Å². The summed E-state index contributed by atoms with van der Waals surface area (Å²) in [7, 11) is 0. The summed E-state index contributed by atoms with van der Waals surface area (Å²) in [6, 6.07) is 7.73. The zero-order valence-corrected chi connectivity index (χ0v) is 9.97. The van der Waals surface area contributed by atoms with E-state index in [2.05, 4.69) is 4.98 Å². The number of nitrogens with zero attached hydrogens (tertiary/aromatic N) is 1. The Morgan fingerprint density at radius 1 is 1.35 bits per heavy atom. The van der Waals surface area contributed by atoms with Gasteiger partial charge in [-0.2, -0.15) is 4.98 Å². The molecule has 1 aromatic heterocycles. The van der Waals surface area contributed by atoms with E-state index in [1.807, 2.05) is 38.1 Å². The van der Waals surface area contributed by atoms with E-state index >= 15 is 0 Å². The maximum Gasteiger partial charge on any atom is 0.292 e. The molecule has 4 nitrogen and oxygen atoms in total. The van der Waals surface area contributed by atoms with Crippen LogP contribution in [0.1, 0.15) is 31.1 Å². The molecule has 2 aromatic rings. The highest BCUT2D eigenvalue weighted by Gasteiger charge is 2.18. The van der Waals surface area contributed by atoms with E-state index in [1.165, 1.54) is 0 Å². The van der Waals surface area contributed by atoms with Crippen LogP contribution in [0.3, 0.4) is 0 Å². The summed E-state index contributed by atoms with van der Waals surface area (Å²) in [5.41, 5.74) is 8.03. The van der Waals surface area contributed by atoms with Gasteiger partial charge < -0.3 is 15.3 Å². The topological polar surface area (TPSA) is 72.3 Å². The number of hydrogen-bond acceptors (Lipinski definition) is 4. The number of hydrogen-bond donors (Lipinski definition) is 2. The van der Waals surface area contributed by atoms with Gasteiger partial charge in [-0.3, -0.25) is 0 Å². The van der Waals surface area contributed by atoms with E-state index in [0.717, 1.165) is 22.6 Å².